The van der Waals surface area contributed by atoms with E-state index in [-0.39, 0.29) is 6.29 Å². The lowest BCUT2D eigenvalue weighted by molar-refractivity contribution is -0.185. The summed E-state index contributed by atoms with van der Waals surface area (Å²) in [7, 11) is 0. The first-order valence-corrected chi connectivity index (χ1v) is 5.10. The van der Waals surface area contributed by atoms with Crippen molar-refractivity contribution < 1.29 is 9.47 Å². The van der Waals surface area contributed by atoms with Gasteiger partial charge in [0.2, 0.25) is 0 Å². The minimum Gasteiger partial charge on any atom is -0.353 e. The highest BCUT2D eigenvalue weighted by Crippen LogP contribution is 2.16. The molecule has 2 heteroatoms. The smallest absolute Gasteiger partial charge is 0.157 e. The number of rotatable bonds is 4. The Morgan fingerprint density at radius 2 is 2.33 bits per heavy atom. The molecule has 0 aromatic carbocycles. The van der Waals surface area contributed by atoms with Crippen LogP contribution in [0.4, 0.5) is 0 Å². The fourth-order valence-corrected chi connectivity index (χ4v) is 1.55. The van der Waals surface area contributed by atoms with Crippen LogP contribution in [0, 0.1) is 0 Å². The Kier molecular flexibility index (Phi) is 4.62. The lowest BCUT2D eigenvalue weighted by Gasteiger charge is -2.25. The Morgan fingerprint density at radius 1 is 1.50 bits per heavy atom. The second-order valence-electron chi connectivity index (χ2n) is 3.53. The summed E-state index contributed by atoms with van der Waals surface area (Å²) in [6.45, 7) is 5.19. The van der Waals surface area contributed by atoms with E-state index in [2.05, 4.69) is 13.8 Å². The van der Waals surface area contributed by atoms with E-state index in [9.17, 15) is 0 Å². The molecule has 1 fully saturated rings. The molecule has 0 aromatic rings. The topological polar surface area (TPSA) is 18.5 Å². The van der Waals surface area contributed by atoms with Crippen molar-refractivity contribution in [2.75, 3.05) is 6.61 Å². The van der Waals surface area contributed by atoms with E-state index >= 15 is 0 Å². The summed E-state index contributed by atoms with van der Waals surface area (Å²) in [4.78, 5) is 0. The summed E-state index contributed by atoms with van der Waals surface area (Å²) in [6.07, 6.45) is 6.30. The molecule has 72 valence electrons. The Balaban J connectivity index is 2.11. The second-order valence-corrected chi connectivity index (χ2v) is 3.53. The summed E-state index contributed by atoms with van der Waals surface area (Å²) in [5.41, 5.74) is 0. The van der Waals surface area contributed by atoms with Crippen molar-refractivity contribution in [1.29, 1.82) is 0 Å². The van der Waals surface area contributed by atoms with Crippen LogP contribution in [0.2, 0.25) is 0 Å². The SMILES string of the molecule is CCC[C@@H](C)OC1CCCCO1. The molecule has 0 radical (unpaired) electrons. The molecule has 1 saturated heterocycles. The van der Waals surface area contributed by atoms with Gasteiger partial charge in [0, 0.05) is 6.61 Å². The third kappa shape index (κ3) is 3.55. The Bertz CT molecular complexity index is 108. The fourth-order valence-electron chi connectivity index (χ4n) is 1.55. The molecule has 0 spiro atoms. The van der Waals surface area contributed by atoms with E-state index in [1.807, 2.05) is 0 Å². The lowest BCUT2D eigenvalue weighted by atomic mass is 10.2. The van der Waals surface area contributed by atoms with Crippen molar-refractivity contribution in [2.45, 2.75) is 58.3 Å². The third-order valence-electron chi connectivity index (χ3n) is 2.22. The van der Waals surface area contributed by atoms with Gasteiger partial charge in [0.15, 0.2) is 6.29 Å². The van der Waals surface area contributed by atoms with E-state index < -0.39 is 0 Å². The Hall–Kier alpha value is -0.0800. The minimum atomic E-state index is 0.0836. The number of hydrogen-bond acceptors (Lipinski definition) is 2. The van der Waals surface area contributed by atoms with Crippen LogP contribution >= 0.6 is 0 Å². The molecule has 2 atom stereocenters. The predicted molar refractivity (Wildman–Crippen MR) is 49.0 cm³/mol. The van der Waals surface area contributed by atoms with Gasteiger partial charge in [-0.3, -0.25) is 0 Å². The molecule has 0 saturated carbocycles. The van der Waals surface area contributed by atoms with Crippen LogP contribution in [-0.2, 0) is 9.47 Å². The van der Waals surface area contributed by atoms with Gasteiger partial charge in [-0.1, -0.05) is 13.3 Å². The average molecular weight is 172 g/mol. The largest absolute Gasteiger partial charge is 0.353 e. The number of hydrogen-bond donors (Lipinski definition) is 0. The molecule has 0 bridgehead atoms. The maximum absolute atomic E-state index is 5.71. The van der Waals surface area contributed by atoms with Crippen LogP contribution in [0.3, 0.4) is 0 Å². The zero-order chi connectivity index (χ0) is 8.81. The van der Waals surface area contributed by atoms with Crippen molar-refractivity contribution in [3.05, 3.63) is 0 Å². The first-order chi connectivity index (χ1) is 5.83. The lowest BCUT2D eigenvalue weighted by Crippen LogP contribution is -2.26. The first-order valence-electron chi connectivity index (χ1n) is 5.10. The Morgan fingerprint density at radius 3 is 2.92 bits per heavy atom. The quantitative estimate of drug-likeness (QED) is 0.649. The van der Waals surface area contributed by atoms with Crippen molar-refractivity contribution in [2.24, 2.45) is 0 Å². The molecule has 1 rings (SSSR count). The van der Waals surface area contributed by atoms with E-state index in [0.29, 0.717) is 6.10 Å². The molecule has 1 heterocycles. The number of ether oxygens (including phenoxy) is 2. The molecule has 0 aliphatic carbocycles. The summed E-state index contributed by atoms with van der Waals surface area (Å²) < 4.78 is 11.2. The zero-order valence-corrected chi connectivity index (χ0v) is 8.21. The van der Waals surface area contributed by atoms with Crippen molar-refractivity contribution in [3.63, 3.8) is 0 Å². The molecule has 2 nitrogen and oxygen atoms in total. The first kappa shape index (κ1) is 10.0. The summed E-state index contributed by atoms with van der Waals surface area (Å²) >= 11 is 0. The van der Waals surface area contributed by atoms with Crippen LogP contribution in [0.25, 0.3) is 0 Å². The average Bonchev–Trinajstić information content (AvgIpc) is 2.06. The van der Waals surface area contributed by atoms with Gasteiger partial charge in [0.1, 0.15) is 0 Å². The van der Waals surface area contributed by atoms with Gasteiger partial charge >= 0.3 is 0 Å². The van der Waals surface area contributed by atoms with Gasteiger partial charge in [-0.25, -0.2) is 0 Å². The maximum atomic E-state index is 5.71. The maximum Gasteiger partial charge on any atom is 0.157 e. The van der Waals surface area contributed by atoms with Gasteiger partial charge in [-0.05, 0) is 32.6 Å². The highest BCUT2D eigenvalue weighted by atomic mass is 16.7. The highest BCUT2D eigenvalue weighted by molar-refractivity contribution is 4.57. The third-order valence-corrected chi connectivity index (χ3v) is 2.22. The molecule has 1 aliphatic rings. The van der Waals surface area contributed by atoms with E-state index in [0.717, 1.165) is 19.4 Å². The zero-order valence-electron chi connectivity index (χ0n) is 8.21. The van der Waals surface area contributed by atoms with Gasteiger partial charge in [0.25, 0.3) is 0 Å². The van der Waals surface area contributed by atoms with E-state index in [1.54, 1.807) is 0 Å². The van der Waals surface area contributed by atoms with Crippen LogP contribution in [0.5, 0.6) is 0 Å². The van der Waals surface area contributed by atoms with Crippen LogP contribution < -0.4 is 0 Å². The fraction of sp³-hybridized carbons (Fsp3) is 1.00. The van der Waals surface area contributed by atoms with Crippen molar-refractivity contribution >= 4 is 0 Å². The summed E-state index contributed by atoms with van der Waals surface area (Å²) in [5.74, 6) is 0. The summed E-state index contributed by atoms with van der Waals surface area (Å²) in [5, 5.41) is 0. The molecule has 1 aliphatic heterocycles. The van der Waals surface area contributed by atoms with E-state index in [4.69, 9.17) is 9.47 Å². The van der Waals surface area contributed by atoms with Gasteiger partial charge in [-0.15, -0.1) is 0 Å². The standard InChI is InChI=1S/C10H20O2/c1-3-6-9(2)12-10-7-4-5-8-11-10/h9-10H,3-8H2,1-2H3/t9-,10?/m1/s1. The van der Waals surface area contributed by atoms with Gasteiger partial charge in [0.05, 0.1) is 6.10 Å². The van der Waals surface area contributed by atoms with Crippen molar-refractivity contribution in [1.82, 2.24) is 0 Å². The normalized spacial score (nSPS) is 27.0. The molecular weight excluding hydrogens is 152 g/mol. The van der Waals surface area contributed by atoms with Crippen molar-refractivity contribution in [3.8, 4) is 0 Å². The molecule has 1 unspecified atom stereocenters. The van der Waals surface area contributed by atoms with Gasteiger partial charge in [-0.2, -0.15) is 0 Å². The van der Waals surface area contributed by atoms with E-state index in [1.165, 1.54) is 19.3 Å². The summed E-state index contributed by atoms with van der Waals surface area (Å²) in [6, 6.07) is 0. The molecule has 0 amide bonds. The Labute approximate surface area is 75.2 Å². The second kappa shape index (κ2) is 5.55. The molecule has 0 aromatic heterocycles. The predicted octanol–water partition coefficient (Wildman–Crippen LogP) is 2.72. The highest BCUT2D eigenvalue weighted by Gasteiger charge is 2.16. The molecular formula is C10H20O2. The van der Waals surface area contributed by atoms with Crippen LogP contribution in [-0.4, -0.2) is 19.0 Å². The monoisotopic (exact) mass is 172 g/mol. The van der Waals surface area contributed by atoms with Gasteiger partial charge < -0.3 is 9.47 Å². The van der Waals surface area contributed by atoms with Crippen LogP contribution in [0.15, 0.2) is 0 Å². The van der Waals surface area contributed by atoms with Crippen LogP contribution in [0.1, 0.15) is 46.0 Å². The molecule has 12 heavy (non-hydrogen) atoms. The minimum absolute atomic E-state index is 0.0836. The molecule has 0 N–H and O–H groups in total.